The fourth-order valence-electron chi connectivity index (χ4n) is 3.10. The van der Waals surface area contributed by atoms with Gasteiger partial charge in [-0.2, -0.15) is 0 Å². The largest absolute Gasteiger partial charge is 0.420 e. The Hall–Kier alpha value is -2.25. The van der Waals surface area contributed by atoms with Gasteiger partial charge >= 0.3 is 0 Å². The lowest BCUT2D eigenvalue weighted by atomic mass is 9.97. The van der Waals surface area contributed by atoms with Gasteiger partial charge in [-0.15, -0.1) is 21.5 Å². The van der Waals surface area contributed by atoms with E-state index in [0.29, 0.717) is 30.4 Å². The third-order valence-corrected chi connectivity index (χ3v) is 5.56. The van der Waals surface area contributed by atoms with Crippen LogP contribution in [0.4, 0.5) is 4.39 Å². The molecule has 1 fully saturated rings. The number of piperidine rings is 1. The van der Waals surface area contributed by atoms with Crippen molar-refractivity contribution in [1.82, 2.24) is 15.1 Å². The molecular weight excluding hydrogens is 377 g/mol. The lowest BCUT2D eigenvalue weighted by Gasteiger charge is -2.31. The number of hydrogen-bond donors (Lipinski definition) is 0. The Bertz CT molecular complexity index is 928. The van der Waals surface area contributed by atoms with Crippen LogP contribution < -0.4 is 0 Å². The molecule has 1 unspecified atom stereocenters. The van der Waals surface area contributed by atoms with Crippen LogP contribution in [0.15, 0.2) is 40.1 Å². The van der Waals surface area contributed by atoms with Gasteiger partial charge in [0.1, 0.15) is 5.82 Å². The highest BCUT2D eigenvalue weighted by atomic mass is 35.5. The minimum Gasteiger partial charge on any atom is -0.420 e. The second-order valence-electron chi connectivity index (χ2n) is 6.14. The Morgan fingerprint density at radius 1 is 1.35 bits per heavy atom. The summed E-state index contributed by atoms with van der Waals surface area (Å²) in [4.78, 5) is 15.4. The standard InChI is InChI=1S/C18H15ClFN3O2S/c19-14-9-12(20)5-6-13(14)18(24)23-7-1-3-11(10-23)16-21-22-17(25-16)15-4-2-8-26-15/h2,4-6,8-9,11H,1,3,7,10H2. The Balaban J connectivity index is 1.51. The number of nitrogens with zero attached hydrogens (tertiary/aromatic N) is 3. The Kier molecular flexibility index (Phi) is 4.74. The molecule has 0 bridgehead atoms. The number of halogens is 2. The number of hydrogen-bond acceptors (Lipinski definition) is 5. The fraction of sp³-hybridized carbons (Fsp3) is 0.278. The Morgan fingerprint density at radius 2 is 2.23 bits per heavy atom. The lowest BCUT2D eigenvalue weighted by molar-refractivity contribution is 0.0698. The van der Waals surface area contributed by atoms with E-state index in [2.05, 4.69) is 10.2 Å². The van der Waals surface area contributed by atoms with E-state index in [4.69, 9.17) is 16.0 Å². The lowest BCUT2D eigenvalue weighted by Crippen LogP contribution is -2.39. The molecule has 0 radical (unpaired) electrons. The molecule has 5 nitrogen and oxygen atoms in total. The fourth-order valence-corrected chi connectivity index (χ4v) is 3.99. The maximum Gasteiger partial charge on any atom is 0.257 e. The van der Waals surface area contributed by atoms with Crippen LogP contribution in [0.25, 0.3) is 10.8 Å². The van der Waals surface area contributed by atoms with Crippen molar-refractivity contribution in [2.75, 3.05) is 13.1 Å². The molecule has 0 N–H and O–H groups in total. The van der Waals surface area contributed by atoms with Gasteiger partial charge in [0.2, 0.25) is 5.89 Å². The molecule has 3 heterocycles. The summed E-state index contributed by atoms with van der Waals surface area (Å²) in [5.41, 5.74) is 0.304. The van der Waals surface area contributed by atoms with Crippen molar-refractivity contribution in [3.8, 4) is 10.8 Å². The maximum absolute atomic E-state index is 13.2. The number of thiophene rings is 1. The second kappa shape index (κ2) is 7.17. The van der Waals surface area contributed by atoms with Crippen LogP contribution in [-0.2, 0) is 0 Å². The molecule has 134 valence electrons. The Morgan fingerprint density at radius 3 is 3.00 bits per heavy atom. The van der Waals surface area contributed by atoms with E-state index < -0.39 is 5.82 Å². The molecule has 1 aliphatic rings. The summed E-state index contributed by atoms with van der Waals surface area (Å²) in [6.07, 6.45) is 1.69. The zero-order valence-electron chi connectivity index (χ0n) is 13.7. The van der Waals surface area contributed by atoms with Gasteiger partial charge in [-0.25, -0.2) is 4.39 Å². The first-order valence-electron chi connectivity index (χ1n) is 8.23. The molecule has 1 aliphatic heterocycles. The van der Waals surface area contributed by atoms with E-state index in [1.54, 1.807) is 4.90 Å². The number of carbonyl (C=O) groups is 1. The molecule has 4 rings (SSSR count). The van der Waals surface area contributed by atoms with E-state index in [-0.39, 0.29) is 16.8 Å². The van der Waals surface area contributed by atoms with Crippen molar-refractivity contribution < 1.29 is 13.6 Å². The van der Waals surface area contributed by atoms with Gasteiger partial charge < -0.3 is 9.32 Å². The van der Waals surface area contributed by atoms with E-state index in [1.165, 1.54) is 23.5 Å². The van der Waals surface area contributed by atoms with E-state index >= 15 is 0 Å². The number of rotatable bonds is 3. The normalized spacial score (nSPS) is 17.5. The summed E-state index contributed by atoms with van der Waals surface area (Å²) in [6, 6.07) is 7.67. The van der Waals surface area contributed by atoms with Crippen LogP contribution in [0.1, 0.15) is 35.0 Å². The molecule has 0 saturated carbocycles. The quantitative estimate of drug-likeness (QED) is 0.654. The summed E-state index contributed by atoms with van der Waals surface area (Å²) in [6.45, 7) is 1.09. The van der Waals surface area contributed by atoms with Crippen molar-refractivity contribution in [3.05, 3.63) is 58.0 Å². The molecule has 2 aromatic heterocycles. The number of benzene rings is 1. The molecule has 3 aromatic rings. The molecule has 1 saturated heterocycles. The molecule has 8 heteroatoms. The number of aromatic nitrogens is 2. The van der Waals surface area contributed by atoms with E-state index in [0.717, 1.165) is 23.8 Å². The van der Waals surface area contributed by atoms with Gasteiger partial charge in [0, 0.05) is 13.1 Å². The minimum atomic E-state index is -0.463. The first-order valence-corrected chi connectivity index (χ1v) is 9.49. The van der Waals surface area contributed by atoms with Crippen LogP contribution in [-0.4, -0.2) is 34.1 Å². The summed E-state index contributed by atoms with van der Waals surface area (Å²) in [7, 11) is 0. The highest BCUT2D eigenvalue weighted by Crippen LogP contribution is 2.31. The Labute approximate surface area is 158 Å². The number of carbonyl (C=O) groups excluding carboxylic acids is 1. The highest BCUT2D eigenvalue weighted by molar-refractivity contribution is 7.13. The van der Waals surface area contributed by atoms with Crippen LogP contribution >= 0.6 is 22.9 Å². The van der Waals surface area contributed by atoms with Gasteiger partial charge in [-0.3, -0.25) is 4.79 Å². The molecular formula is C18H15ClFN3O2S. The number of amides is 1. The highest BCUT2D eigenvalue weighted by Gasteiger charge is 2.30. The van der Waals surface area contributed by atoms with Gasteiger partial charge in [-0.05, 0) is 42.5 Å². The zero-order chi connectivity index (χ0) is 18.1. The predicted octanol–water partition coefficient (Wildman–Crippen LogP) is 4.61. The zero-order valence-corrected chi connectivity index (χ0v) is 15.3. The van der Waals surface area contributed by atoms with Crippen LogP contribution in [0.5, 0.6) is 0 Å². The van der Waals surface area contributed by atoms with Crippen LogP contribution in [0.3, 0.4) is 0 Å². The smallest absolute Gasteiger partial charge is 0.257 e. The van der Waals surface area contributed by atoms with Crippen molar-refractivity contribution in [2.45, 2.75) is 18.8 Å². The molecule has 1 amide bonds. The number of likely N-dealkylation sites (tertiary alicyclic amines) is 1. The summed E-state index contributed by atoms with van der Waals surface area (Å²) >= 11 is 7.57. The van der Waals surface area contributed by atoms with Crippen LogP contribution in [0.2, 0.25) is 5.02 Å². The maximum atomic E-state index is 13.2. The third-order valence-electron chi connectivity index (χ3n) is 4.39. The van der Waals surface area contributed by atoms with Gasteiger partial charge in [-0.1, -0.05) is 17.7 Å². The molecule has 0 aliphatic carbocycles. The average Bonchev–Trinajstić information content (AvgIpc) is 3.33. The SMILES string of the molecule is O=C(c1ccc(F)cc1Cl)N1CCCC(c2nnc(-c3cccs3)o2)C1. The van der Waals surface area contributed by atoms with Gasteiger partial charge in [0.15, 0.2) is 0 Å². The van der Waals surface area contributed by atoms with Crippen molar-refractivity contribution in [3.63, 3.8) is 0 Å². The third kappa shape index (κ3) is 3.37. The predicted molar refractivity (Wildman–Crippen MR) is 96.9 cm³/mol. The minimum absolute atomic E-state index is 0.0202. The summed E-state index contributed by atoms with van der Waals surface area (Å²) in [5.74, 6) is 0.344. The monoisotopic (exact) mass is 391 g/mol. The summed E-state index contributed by atoms with van der Waals surface area (Å²) in [5, 5.41) is 10.4. The molecule has 26 heavy (non-hydrogen) atoms. The molecule has 1 aromatic carbocycles. The summed E-state index contributed by atoms with van der Waals surface area (Å²) < 4.78 is 19.0. The first-order chi connectivity index (χ1) is 12.6. The van der Waals surface area contributed by atoms with E-state index in [1.807, 2.05) is 17.5 Å². The molecule has 1 atom stereocenters. The second-order valence-corrected chi connectivity index (χ2v) is 7.49. The average molecular weight is 392 g/mol. The van der Waals surface area contributed by atoms with E-state index in [9.17, 15) is 9.18 Å². The first kappa shape index (κ1) is 17.2. The molecule has 0 spiro atoms. The topological polar surface area (TPSA) is 59.2 Å². The van der Waals surface area contributed by atoms with Crippen molar-refractivity contribution >= 4 is 28.8 Å². The van der Waals surface area contributed by atoms with Crippen molar-refractivity contribution in [1.29, 1.82) is 0 Å². The van der Waals surface area contributed by atoms with Gasteiger partial charge in [0.05, 0.1) is 21.4 Å². The van der Waals surface area contributed by atoms with Gasteiger partial charge in [0.25, 0.3) is 11.8 Å². The van der Waals surface area contributed by atoms with Crippen LogP contribution in [0, 0.1) is 5.82 Å². The van der Waals surface area contributed by atoms with Crippen molar-refractivity contribution in [2.24, 2.45) is 0 Å².